The van der Waals surface area contributed by atoms with Crippen molar-refractivity contribution in [1.82, 2.24) is 0 Å². The molecule has 2 fully saturated rings. The lowest BCUT2D eigenvalue weighted by molar-refractivity contribution is -0.0214. The SMILES string of the molecule is CC1(C(N)C2CCCCC2)CCCO1. The highest BCUT2D eigenvalue weighted by molar-refractivity contribution is 4.95. The molecule has 14 heavy (non-hydrogen) atoms. The van der Waals surface area contributed by atoms with Crippen molar-refractivity contribution in [3.63, 3.8) is 0 Å². The van der Waals surface area contributed by atoms with E-state index in [9.17, 15) is 0 Å². The first-order valence-corrected chi connectivity index (χ1v) is 6.12. The Morgan fingerprint density at radius 3 is 2.50 bits per heavy atom. The Hall–Kier alpha value is -0.0800. The summed E-state index contributed by atoms with van der Waals surface area (Å²) in [4.78, 5) is 0. The molecular formula is C12H23NO. The zero-order chi connectivity index (χ0) is 10.0. The lowest BCUT2D eigenvalue weighted by Gasteiger charge is -2.37. The summed E-state index contributed by atoms with van der Waals surface area (Å²) in [7, 11) is 0. The van der Waals surface area contributed by atoms with Gasteiger partial charge in [0.15, 0.2) is 0 Å². The smallest absolute Gasteiger partial charge is 0.0808 e. The maximum absolute atomic E-state index is 6.36. The third kappa shape index (κ3) is 1.96. The fourth-order valence-corrected chi connectivity index (χ4v) is 3.06. The van der Waals surface area contributed by atoms with Crippen LogP contribution in [0.5, 0.6) is 0 Å². The van der Waals surface area contributed by atoms with Crippen molar-refractivity contribution < 1.29 is 4.74 Å². The molecule has 1 aliphatic carbocycles. The highest BCUT2D eigenvalue weighted by atomic mass is 16.5. The summed E-state index contributed by atoms with van der Waals surface area (Å²) in [5.74, 6) is 0.715. The van der Waals surface area contributed by atoms with Gasteiger partial charge in [0.2, 0.25) is 0 Å². The summed E-state index contributed by atoms with van der Waals surface area (Å²) >= 11 is 0. The van der Waals surface area contributed by atoms with Crippen LogP contribution in [0.15, 0.2) is 0 Å². The molecule has 1 aliphatic heterocycles. The minimum absolute atomic E-state index is 0.0119. The Morgan fingerprint density at radius 2 is 1.93 bits per heavy atom. The second-order valence-electron chi connectivity index (χ2n) is 5.19. The van der Waals surface area contributed by atoms with Crippen LogP contribution in [0.25, 0.3) is 0 Å². The molecule has 0 spiro atoms. The molecule has 2 aliphatic rings. The highest BCUT2D eigenvalue weighted by Gasteiger charge is 2.40. The first-order valence-electron chi connectivity index (χ1n) is 6.12. The molecule has 2 heteroatoms. The van der Waals surface area contributed by atoms with E-state index in [0.717, 1.165) is 13.0 Å². The van der Waals surface area contributed by atoms with Crippen molar-refractivity contribution in [3.05, 3.63) is 0 Å². The van der Waals surface area contributed by atoms with Gasteiger partial charge in [0.1, 0.15) is 0 Å². The zero-order valence-corrected chi connectivity index (χ0v) is 9.30. The Labute approximate surface area is 87.2 Å². The van der Waals surface area contributed by atoms with Crippen LogP contribution in [-0.4, -0.2) is 18.2 Å². The van der Waals surface area contributed by atoms with Crippen molar-refractivity contribution in [2.75, 3.05) is 6.61 Å². The third-order valence-corrected chi connectivity index (χ3v) is 4.11. The number of hydrogen-bond donors (Lipinski definition) is 1. The molecule has 0 aromatic carbocycles. The van der Waals surface area contributed by atoms with E-state index in [1.54, 1.807) is 0 Å². The second-order valence-corrected chi connectivity index (χ2v) is 5.19. The van der Waals surface area contributed by atoms with Gasteiger partial charge in [-0.05, 0) is 38.5 Å². The van der Waals surface area contributed by atoms with Crippen LogP contribution in [-0.2, 0) is 4.74 Å². The molecule has 2 unspecified atom stereocenters. The molecular weight excluding hydrogens is 174 g/mol. The molecule has 2 N–H and O–H groups in total. The van der Waals surface area contributed by atoms with Gasteiger partial charge in [-0.15, -0.1) is 0 Å². The van der Waals surface area contributed by atoms with E-state index in [2.05, 4.69) is 6.92 Å². The lowest BCUT2D eigenvalue weighted by atomic mass is 9.77. The van der Waals surface area contributed by atoms with Crippen molar-refractivity contribution >= 4 is 0 Å². The molecule has 2 rings (SSSR count). The minimum atomic E-state index is -0.0119. The van der Waals surface area contributed by atoms with Crippen LogP contribution < -0.4 is 5.73 Å². The normalized spacial score (nSPS) is 37.3. The van der Waals surface area contributed by atoms with E-state index < -0.39 is 0 Å². The molecule has 0 radical (unpaired) electrons. The van der Waals surface area contributed by atoms with Gasteiger partial charge >= 0.3 is 0 Å². The van der Waals surface area contributed by atoms with Gasteiger partial charge in [-0.1, -0.05) is 19.3 Å². The van der Waals surface area contributed by atoms with Crippen molar-refractivity contribution in [2.24, 2.45) is 11.7 Å². The van der Waals surface area contributed by atoms with Gasteiger partial charge in [0.05, 0.1) is 5.60 Å². The predicted octanol–water partition coefficient (Wildman–Crippen LogP) is 2.46. The number of hydrogen-bond acceptors (Lipinski definition) is 2. The minimum Gasteiger partial charge on any atom is -0.374 e. The van der Waals surface area contributed by atoms with Gasteiger partial charge in [-0.3, -0.25) is 0 Å². The van der Waals surface area contributed by atoms with Crippen molar-refractivity contribution in [2.45, 2.75) is 63.5 Å². The summed E-state index contributed by atoms with van der Waals surface area (Å²) in [6.45, 7) is 3.12. The lowest BCUT2D eigenvalue weighted by Crippen LogP contribution is -2.50. The number of nitrogens with two attached hydrogens (primary N) is 1. The van der Waals surface area contributed by atoms with E-state index >= 15 is 0 Å². The Kier molecular flexibility index (Phi) is 3.13. The van der Waals surface area contributed by atoms with Crippen LogP contribution in [0.2, 0.25) is 0 Å². The average Bonchev–Trinajstić information content (AvgIpc) is 2.67. The molecule has 1 heterocycles. The van der Waals surface area contributed by atoms with Gasteiger partial charge in [0.25, 0.3) is 0 Å². The number of ether oxygens (including phenoxy) is 1. The van der Waals surface area contributed by atoms with Crippen LogP contribution >= 0.6 is 0 Å². The van der Waals surface area contributed by atoms with E-state index in [1.807, 2.05) is 0 Å². The second kappa shape index (κ2) is 4.19. The summed E-state index contributed by atoms with van der Waals surface area (Å²) in [5.41, 5.74) is 6.35. The van der Waals surface area contributed by atoms with Crippen LogP contribution in [0.4, 0.5) is 0 Å². The van der Waals surface area contributed by atoms with Gasteiger partial charge in [-0.25, -0.2) is 0 Å². The Bertz CT molecular complexity index is 181. The fourth-order valence-electron chi connectivity index (χ4n) is 3.06. The molecule has 0 amide bonds. The standard InChI is InChI=1S/C12H23NO/c1-12(8-5-9-14-12)11(13)10-6-3-2-4-7-10/h10-11H,2-9,13H2,1H3. The molecule has 2 atom stereocenters. The maximum Gasteiger partial charge on any atom is 0.0808 e. The quantitative estimate of drug-likeness (QED) is 0.738. The van der Waals surface area contributed by atoms with Gasteiger partial charge in [0, 0.05) is 12.6 Å². The fraction of sp³-hybridized carbons (Fsp3) is 1.00. The Morgan fingerprint density at radius 1 is 1.21 bits per heavy atom. The summed E-state index contributed by atoms with van der Waals surface area (Å²) in [6.07, 6.45) is 9.13. The van der Waals surface area contributed by atoms with E-state index in [-0.39, 0.29) is 11.6 Å². The summed E-state index contributed by atoms with van der Waals surface area (Å²) in [6, 6.07) is 0.269. The molecule has 0 aromatic rings. The van der Waals surface area contributed by atoms with Crippen molar-refractivity contribution in [1.29, 1.82) is 0 Å². The van der Waals surface area contributed by atoms with Crippen LogP contribution in [0.1, 0.15) is 51.9 Å². The largest absolute Gasteiger partial charge is 0.374 e. The zero-order valence-electron chi connectivity index (χ0n) is 9.30. The average molecular weight is 197 g/mol. The van der Waals surface area contributed by atoms with Crippen molar-refractivity contribution in [3.8, 4) is 0 Å². The van der Waals surface area contributed by atoms with E-state index in [0.29, 0.717) is 5.92 Å². The molecule has 1 saturated carbocycles. The number of rotatable bonds is 2. The molecule has 0 bridgehead atoms. The summed E-state index contributed by atoms with van der Waals surface area (Å²) < 4.78 is 5.83. The predicted molar refractivity (Wildman–Crippen MR) is 58.1 cm³/mol. The molecule has 1 saturated heterocycles. The first kappa shape index (κ1) is 10.4. The van der Waals surface area contributed by atoms with Gasteiger partial charge < -0.3 is 10.5 Å². The molecule has 0 aromatic heterocycles. The molecule has 82 valence electrons. The van der Waals surface area contributed by atoms with E-state index in [4.69, 9.17) is 10.5 Å². The third-order valence-electron chi connectivity index (χ3n) is 4.11. The van der Waals surface area contributed by atoms with E-state index in [1.165, 1.54) is 38.5 Å². The first-order chi connectivity index (χ1) is 6.72. The molecule has 2 nitrogen and oxygen atoms in total. The van der Waals surface area contributed by atoms with Crippen LogP contribution in [0.3, 0.4) is 0 Å². The topological polar surface area (TPSA) is 35.2 Å². The maximum atomic E-state index is 6.36. The van der Waals surface area contributed by atoms with Gasteiger partial charge in [-0.2, -0.15) is 0 Å². The highest BCUT2D eigenvalue weighted by Crippen LogP contribution is 2.36. The summed E-state index contributed by atoms with van der Waals surface area (Å²) in [5, 5.41) is 0. The monoisotopic (exact) mass is 197 g/mol. The van der Waals surface area contributed by atoms with Crippen LogP contribution in [0, 0.1) is 5.92 Å². The Balaban J connectivity index is 1.95.